The molecule has 2 aliphatic rings. The van der Waals surface area contributed by atoms with Crippen LogP contribution in [0.15, 0.2) is 12.4 Å². The lowest BCUT2D eigenvalue weighted by Crippen LogP contribution is -2.31. The SMILES string of the molecule is Clc1cncc(NC2CCOC2C2CC2)n1. The normalized spacial score (nSPS) is 29.3. The maximum Gasteiger partial charge on any atom is 0.149 e. The number of ether oxygens (including phenoxy) is 1. The zero-order chi connectivity index (χ0) is 11.0. The largest absolute Gasteiger partial charge is 0.376 e. The molecule has 1 aliphatic carbocycles. The second kappa shape index (κ2) is 4.18. The van der Waals surface area contributed by atoms with Crippen molar-refractivity contribution < 1.29 is 4.74 Å². The molecule has 1 aliphatic heterocycles. The fourth-order valence-electron chi connectivity index (χ4n) is 2.26. The Morgan fingerprint density at radius 2 is 2.19 bits per heavy atom. The molecule has 0 amide bonds. The van der Waals surface area contributed by atoms with Crippen molar-refractivity contribution in [1.82, 2.24) is 9.97 Å². The van der Waals surface area contributed by atoms with Crippen molar-refractivity contribution in [2.24, 2.45) is 5.92 Å². The number of halogens is 1. The summed E-state index contributed by atoms with van der Waals surface area (Å²) in [6, 6.07) is 0.361. The van der Waals surface area contributed by atoms with E-state index < -0.39 is 0 Å². The Bertz CT molecular complexity index is 383. The first-order valence-corrected chi connectivity index (χ1v) is 6.06. The minimum atomic E-state index is 0.348. The van der Waals surface area contributed by atoms with Crippen molar-refractivity contribution in [3.8, 4) is 0 Å². The highest BCUT2D eigenvalue weighted by atomic mass is 35.5. The number of nitrogens with one attached hydrogen (secondary N) is 1. The first-order chi connectivity index (χ1) is 7.83. The molecule has 4 nitrogen and oxygen atoms in total. The lowest BCUT2D eigenvalue weighted by atomic mass is 10.1. The van der Waals surface area contributed by atoms with Gasteiger partial charge in [0.2, 0.25) is 0 Å². The van der Waals surface area contributed by atoms with Gasteiger partial charge in [0.1, 0.15) is 11.0 Å². The van der Waals surface area contributed by atoms with Crippen LogP contribution in [0, 0.1) is 5.92 Å². The zero-order valence-electron chi connectivity index (χ0n) is 8.90. The van der Waals surface area contributed by atoms with E-state index in [0.717, 1.165) is 24.8 Å². The molecular weight excluding hydrogens is 226 g/mol. The maximum atomic E-state index is 5.80. The second-order valence-electron chi connectivity index (χ2n) is 4.44. The van der Waals surface area contributed by atoms with Gasteiger partial charge < -0.3 is 10.1 Å². The van der Waals surface area contributed by atoms with E-state index in [1.807, 2.05) is 0 Å². The van der Waals surface area contributed by atoms with Crippen molar-refractivity contribution in [2.75, 3.05) is 11.9 Å². The minimum Gasteiger partial charge on any atom is -0.376 e. The highest BCUT2D eigenvalue weighted by Crippen LogP contribution is 2.39. The highest BCUT2D eigenvalue weighted by Gasteiger charge is 2.40. The number of nitrogens with zero attached hydrogens (tertiary/aromatic N) is 2. The van der Waals surface area contributed by atoms with Gasteiger partial charge >= 0.3 is 0 Å². The molecule has 2 fully saturated rings. The third-order valence-corrected chi connectivity index (χ3v) is 3.34. The van der Waals surface area contributed by atoms with Crippen LogP contribution in [-0.2, 0) is 4.74 Å². The first kappa shape index (κ1) is 10.3. The standard InChI is InChI=1S/C11H14ClN3O/c12-9-5-13-6-10(15-9)14-8-3-4-16-11(8)7-1-2-7/h5-8,11H,1-4H2,(H,14,15). The topological polar surface area (TPSA) is 47.0 Å². The zero-order valence-corrected chi connectivity index (χ0v) is 9.65. The van der Waals surface area contributed by atoms with Gasteiger partial charge in [-0.3, -0.25) is 4.98 Å². The third-order valence-electron chi connectivity index (χ3n) is 3.16. The number of anilines is 1. The van der Waals surface area contributed by atoms with Crippen LogP contribution >= 0.6 is 11.6 Å². The number of rotatable bonds is 3. The van der Waals surface area contributed by atoms with Gasteiger partial charge in [-0.1, -0.05) is 11.6 Å². The van der Waals surface area contributed by atoms with E-state index in [9.17, 15) is 0 Å². The Balaban J connectivity index is 1.69. The van der Waals surface area contributed by atoms with E-state index >= 15 is 0 Å². The van der Waals surface area contributed by atoms with Gasteiger partial charge in [-0.25, -0.2) is 4.98 Å². The van der Waals surface area contributed by atoms with Gasteiger partial charge in [0.15, 0.2) is 0 Å². The minimum absolute atomic E-state index is 0.348. The number of hydrogen-bond acceptors (Lipinski definition) is 4. The van der Waals surface area contributed by atoms with Crippen LogP contribution in [-0.4, -0.2) is 28.7 Å². The predicted octanol–water partition coefficient (Wildman–Crippen LogP) is 2.11. The van der Waals surface area contributed by atoms with E-state index in [-0.39, 0.29) is 0 Å². The van der Waals surface area contributed by atoms with Crippen LogP contribution in [0.4, 0.5) is 5.82 Å². The van der Waals surface area contributed by atoms with Crippen molar-refractivity contribution in [3.05, 3.63) is 17.5 Å². The second-order valence-corrected chi connectivity index (χ2v) is 4.83. The van der Waals surface area contributed by atoms with Gasteiger partial charge in [0.05, 0.1) is 24.5 Å². The van der Waals surface area contributed by atoms with E-state index in [2.05, 4.69) is 15.3 Å². The monoisotopic (exact) mass is 239 g/mol. The van der Waals surface area contributed by atoms with E-state index in [1.54, 1.807) is 6.20 Å². The molecule has 1 saturated carbocycles. The van der Waals surface area contributed by atoms with Crippen LogP contribution < -0.4 is 5.32 Å². The van der Waals surface area contributed by atoms with E-state index in [0.29, 0.717) is 17.3 Å². The van der Waals surface area contributed by atoms with Crippen molar-refractivity contribution in [3.63, 3.8) is 0 Å². The molecule has 16 heavy (non-hydrogen) atoms. The quantitative estimate of drug-likeness (QED) is 0.878. The van der Waals surface area contributed by atoms with Gasteiger partial charge in [-0.2, -0.15) is 0 Å². The Morgan fingerprint density at radius 1 is 1.31 bits per heavy atom. The Morgan fingerprint density at radius 3 is 2.94 bits per heavy atom. The molecule has 0 spiro atoms. The summed E-state index contributed by atoms with van der Waals surface area (Å²) in [7, 11) is 0. The molecule has 2 atom stereocenters. The summed E-state index contributed by atoms with van der Waals surface area (Å²) < 4.78 is 5.75. The van der Waals surface area contributed by atoms with Crippen molar-refractivity contribution >= 4 is 17.4 Å². The lowest BCUT2D eigenvalue weighted by Gasteiger charge is -2.19. The molecule has 86 valence electrons. The van der Waals surface area contributed by atoms with Crippen molar-refractivity contribution in [1.29, 1.82) is 0 Å². The highest BCUT2D eigenvalue weighted by molar-refractivity contribution is 6.29. The van der Waals surface area contributed by atoms with Gasteiger partial charge in [0, 0.05) is 6.61 Å². The summed E-state index contributed by atoms with van der Waals surface area (Å²) in [5.41, 5.74) is 0. The smallest absolute Gasteiger partial charge is 0.149 e. The Labute approximate surface area is 99.4 Å². The van der Waals surface area contributed by atoms with E-state index in [4.69, 9.17) is 16.3 Å². The predicted molar refractivity (Wildman–Crippen MR) is 61.5 cm³/mol. The fraction of sp³-hybridized carbons (Fsp3) is 0.636. The molecular formula is C11H14ClN3O. The van der Waals surface area contributed by atoms with Crippen LogP contribution in [0.3, 0.4) is 0 Å². The molecule has 5 heteroatoms. The van der Waals surface area contributed by atoms with Crippen LogP contribution in [0.1, 0.15) is 19.3 Å². The molecule has 2 heterocycles. The number of aromatic nitrogens is 2. The fourth-order valence-corrected chi connectivity index (χ4v) is 2.40. The van der Waals surface area contributed by atoms with Gasteiger partial charge in [-0.05, 0) is 25.2 Å². The van der Waals surface area contributed by atoms with Crippen molar-refractivity contribution in [2.45, 2.75) is 31.4 Å². The van der Waals surface area contributed by atoms with E-state index in [1.165, 1.54) is 19.0 Å². The Kier molecular flexibility index (Phi) is 2.69. The molecule has 1 aromatic heterocycles. The summed E-state index contributed by atoms with van der Waals surface area (Å²) in [4.78, 5) is 8.20. The van der Waals surface area contributed by atoms with Crippen LogP contribution in [0.2, 0.25) is 5.15 Å². The summed E-state index contributed by atoms with van der Waals surface area (Å²) >= 11 is 5.80. The summed E-state index contributed by atoms with van der Waals surface area (Å²) in [5, 5.41) is 3.79. The molecule has 0 radical (unpaired) electrons. The average Bonchev–Trinajstić information content (AvgIpc) is 3.00. The van der Waals surface area contributed by atoms with Gasteiger partial charge in [-0.15, -0.1) is 0 Å². The lowest BCUT2D eigenvalue weighted by molar-refractivity contribution is 0.0898. The van der Waals surface area contributed by atoms with Gasteiger partial charge in [0.25, 0.3) is 0 Å². The third kappa shape index (κ3) is 2.13. The molecule has 1 saturated heterocycles. The molecule has 3 rings (SSSR count). The molecule has 0 aromatic carbocycles. The summed E-state index contributed by atoms with van der Waals surface area (Å²) in [6.07, 6.45) is 7.22. The molecule has 1 N–H and O–H groups in total. The summed E-state index contributed by atoms with van der Waals surface area (Å²) in [6.45, 7) is 0.840. The van der Waals surface area contributed by atoms with Crippen LogP contribution in [0.5, 0.6) is 0 Å². The average molecular weight is 240 g/mol. The Hall–Kier alpha value is -0.870. The molecule has 2 unspecified atom stereocenters. The first-order valence-electron chi connectivity index (χ1n) is 5.68. The molecule has 1 aromatic rings. The maximum absolute atomic E-state index is 5.80. The summed E-state index contributed by atoms with van der Waals surface area (Å²) in [5.74, 6) is 1.49. The molecule has 0 bridgehead atoms. The number of hydrogen-bond donors (Lipinski definition) is 1. The van der Waals surface area contributed by atoms with Crippen LogP contribution in [0.25, 0.3) is 0 Å².